The molecular formula is C18H31N3O2. The molecule has 0 unspecified atom stereocenters. The minimum Gasteiger partial charge on any atom is -0.344 e. The van der Waals surface area contributed by atoms with Crippen LogP contribution in [0, 0.1) is 30.1 Å². The van der Waals surface area contributed by atoms with Gasteiger partial charge in [0.2, 0.25) is 11.8 Å². The van der Waals surface area contributed by atoms with Crippen molar-refractivity contribution in [2.45, 2.75) is 73.3 Å². The maximum atomic E-state index is 12.5. The van der Waals surface area contributed by atoms with Crippen molar-refractivity contribution in [1.29, 1.82) is 0 Å². The van der Waals surface area contributed by atoms with E-state index in [1.807, 2.05) is 0 Å². The zero-order valence-electron chi connectivity index (χ0n) is 15.3. The summed E-state index contributed by atoms with van der Waals surface area (Å²) in [4.78, 5) is 16.8. The second-order valence-corrected chi connectivity index (χ2v) is 8.45. The van der Waals surface area contributed by atoms with E-state index in [0.717, 1.165) is 12.8 Å². The lowest BCUT2D eigenvalue weighted by atomic mass is 9.67. The summed E-state index contributed by atoms with van der Waals surface area (Å²) in [6, 6.07) is -0.210. The van der Waals surface area contributed by atoms with Gasteiger partial charge in [0.1, 0.15) is 6.04 Å². The third-order valence-electron chi connectivity index (χ3n) is 4.74. The molecule has 0 spiro atoms. The quantitative estimate of drug-likeness (QED) is 0.888. The Morgan fingerprint density at radius 1 is 1.39 bits per heavy atom. The Bertz CT molecular complexity index is 536. The lowest BCUT2D eigenvalue weighted by Crippen LogP contribution is -2.35. The van der Waals surface area contributed by atoms with Gasteiger partial charge in [0.15, 0.2) is 5.82 Å². The fourth-order valence-electron chi connectivity index (χ4n) is 4.15. The first-order valence-corrected chi connectivity index (χ1v) is 8.76. The largest absolute Gasteiger partial charge is 0.344 e. The van der Waals surface area contributed by atoms with Crippen LogP contribution >= 0.6 is 0 Å². The molecule has 1 fully saturated rings. The summed E-state index contributed by atoms with van der Waals surface area (Å²) < 4.78 is 5.25. The van der Waals surface area contributed by atoms with Crippen LogP contribution in [0.5, 0.6) is 0 Å². The van der Waals surface area contributed by atoms with Gasteiger partial charge in [0, 0.05) is 6.42 Å². The van der Waals surface area contributed by atoms with E-state index in [-0.39, 0.29) is 17.9 Å². The van der Waals surface area contributed by atoms with Gasteiger partial charge >= 0.3 is 0 Å². The molecule has 1 amide bonds. The maximum Gasteiger partial charge on any atom is 0.249 e. The first kappa shape index (κ1) is 18.0. The summed E-state index contributed by atoms with van der Waals surface area (Å²) in [6.45, 7) is 12.8. The number of amides is 1. The first-order chi connectivity index (χ1) is 10.7. The predicted octanol–water partition coefficient (Wildman–Crippen LogP) is 4.04. The van der Waals surface area contributed by atoms with Gasteiger partial charge in [-0.25, -0.2) is 0 Å². The lowest BCUT2D eigenvalue weighted by molar-refractivity contribution is -0.124. The van der Waals surface area contributed by atoms with Gasteiger partial charge in [0.05, 0.1) is 0 Å². The molecule has 0 bridgehead atoms. The molecule has 1 N–H and O–H groups in total. The first-order valence-electron chi connectivity index (χ1n) is 8.76. The zero-order chi connectivity index (χ0) is 17.2. The molecule has 23 heavy (non-hydrogen) atoms. The Morgan fingerprint density at radius 3 is 2.61 bits per heavy atom. The van der Waals surface area contributed by atoms with Crippen LogP contribution in [0.25, 0.3) is 0 Å². The van der Waals surface area contributed by atoms with Crippen molar-refractivity contribution in [2.75, 3.05) is 0 Å². The number of rotatable bonds is 5. The van der Waals surface area contributed by atoms with E-state index in [1.165, 1.54) is 6.42 Å². The summed E-state index contributed by atoms with van der Waals surface area (Å²) in [6.07, 6.45) is 4.10. The average molecular weight is 321 g/mol. The molecule has 1 heterocycles. The Hall–Kier alpha value is -1.39. The van der Waals surface area contributed by atoms with Crippen molar-refractivity contribution in [2.24, 2.45) is 23.2 Å². The number of hydrogen-bond acceptors (Lipinski definition) is 4. The molecular weight excluding hydrogens is 290 g/mol. The van der Waals surface area contributed by atoms with E-state index < -0.39 is 0 Å². The third kappa shape index (κ3) is 5.05. The van der Waals surface area contributed by atoms with Gasteiger partial charge in [-0.1, -0.05) is 39.8 Å². The number of carbonyl (C=O) groups excluding carboxylic acids is 1. The highest BCUT2D eigenvalue weighted by Gasteiger charge is 2.33. The Morgan fingerprint density at radius 2 is 2.09 bits per heavy atom. The predicted molar refractivity (Wildman–Crippen MR) is 89.7 cm³/mol. The van der Waals surface area contributed by atoms with Gasteiger partial charge in [-0.05, 0) is 49.4 Å². The van der Waals surface area contributed by atoms with Crippen molar-refractivity contribution < 1.29 is 9.32 Å². The van der Waals surface area contributed by atoms with Crippen LogP contribution in [-0.2, 0) is 4.79 Å². The van der Waals surface area contributed by atoms with Crippen LogP contribution in [-0.4, -0.2) is 16.0 Å². The van der Waals surface area contributed by atoms with E-state index in [4.69, 9.17) is 4.52 Å². The van der Waals surface area contributed by atoms with Gasteiger partial charge in [0.25, 0.3) is 0 Å². The van der Waals surface area contributed by atoms with Crippen LogP contribution in [0.2, 0.25) is 0 Å². The highest BCUT2D eigenvalue weighted by molar-refractivity contribution is 5.76. The molecule has 5 nitrogen and oxygen atoms in total. The molecule has 0 saturated heterocycles. The monoisotopic (exact) mass is 321 g/mol. The highest BCUT2D eigenvalue weighted by atomic mass is 16.5. The molecule has 1 aromatic heterocycles. The number of hydrogen-bond donors (Lipinski definition) is 1. The van der Waals surface area contributed by atoms with Crippen LogP contribution in [0.1, 0.15) is 78.1 Å². The number of nitrogens with one attached hydrogen (secondary N) is 1. The van der Waals surface area contributed by atoms with Gasteiger partial charge in [-0.2, -0.15) is 4.98 Å². The molecule has 130 valence electrons. The number of nitrogens with zero attached hydrogens (tertiary/aromatic N) is 2. The molecule has 1 aromatic rings. The van der Waals surface area contributed by atoms with Crippen LogP contribution in [0.4, 0.5) is 0 Å². The summed E-state index contributed by atoms with van der Waals surface area (Å²) in [5, 5.41) is 6.93. The summed E-state index contributed by atoms with van der Waals surface area (Å²) in [5.74, 6) is 2.56. The van der Waals surface area contributed by atoms with Crippen molar-refractivity contribution >= 4 is 5.91 Å². The Labute approximate surface area is 139 Å². The van der Waals surface area contributed by atoms with Crippen LogP contribution in [0.3, 0.4) is 0 Å². The molecule has 3 atom stereocenters. The highest BCUT2D eigenvalue weighted by Crippen LogP contribution is 2.42. The standard InChI is InChI=1S/C18H31N3O2/c1-11(2)16(17-19-13(4)21-23-17)20-15(22)8-14-7-12(3)9-18(5,6)10-14/h11-12,14,16H,7-10H2,1-6H3,(H,20,22)/t12-,14+,16+/m0/s1. The second-order valence-electron chi connectivity index (χ2n) is 8.45. The van der Waals surface area contributed by atoms with E-state index >= 15 is 0 Å². The van der Waals surface area contributed by atoms with Crippen LogP contribution in [0.15, 0.2) is 4.52 Å². The summed E-state index contributed by atoms with van der Waals surface area (Å²) in [7, 11) is 0. The Balaban J connectivity index is 1.97. The average Bonchev–Trinajstić information content (AvgIpc) is 2.79. The second kappa shape index (κ2) is 7.02. The minimum absolute atomic E-state index is 0.0921. The van der Waals surface area contributed by atoms with E-state index in [9.17, 15) is 4.79 Å². The smallest absolute Gasteiger partial charge is 0.249 e. The molecule has 0 radical (unpaired) electrons. The maximum absolute atomic E-state index is 12.5. The van der Waals surface area contributed by atoms with Crippen molar-refractivity contribution in [3.8, 4) is 0 Å². The third-order valence-corrected chi connectivity index (χ3v) is 4.74. The lowest BCUT2D eigenvalue weighted by Gasteiger charge is -2.39. The number of aromatic nitrogens is 2. The molecule has 1 aliphatic rings. The van der Waals surface area contributed by atoms with Crippen molar-refractivity contribution in [3.63, 3.8) is 0 Å². The van der Waals surface area contributed by atoms with Gasteiger partial charge < -0.3 is 9.84 Å². The zero-order valence-corrected chi connectivity index (χ0v) is 15.3. The molecule has 0 aliphatic heterocycles. The van der Waals surface area contributed by atoms with E-state index in [0.29, 0.717) is 35.4 Å². The molecule has 2 rings (SSSR count). The topological polar surface area (TPSA) is 68.0 Å². The van der Waals surface area contributed by atoms with Gasteiger partial charge in [-0.3, -0.25) is 4.79 Å². The van der Waals surface area contributed by atoms with Crippen molar-refractivity contribution in [1.82, 2.24) is 15.5 Å². The molecule has 0 aromatic carbocycles. The van der Waals surface area contributed by atoms with Crippen LogP contribution < -0.4 is 5.32 Å². The molecule has 5 heteroatoms. The minimum atomic E-state index is -0.210. The van der Waals surface area contributed by atoms with Crippen molar-refractivity contribution in [3.05, 3.63) is 11.7 Å². The fourth-order valence-corrected chi connectivity index (χ4v) is 4.15. The SMILES string of the molecule is Cc1noc([C@H](NC(=O)C[C@H]2C[C@H](C)CC(C)(C)C2)C(C)C)n1. The summed E-state index contributed by atoms with van der Waals surface area (Å²) in [5.41, 5.74) is 0.337. The number of aryl methyl sites for hydroxylation is 1. The summed E-state index contributed by atoms with van der Waals surface area (Å²) >= 11 is 0. The number of carbonyl (C=O) groups is 1. The van der Waals surface area contributed by atoms with E-state index in [2.05, 4.69) is 50.1 Å². The van der Waals surface area contributed by atoms with E-state index in [1.54, 1.807) is 6.92 Å². The fraction of sp³-hybridized carbons (Fsp3) is 0.833. The molecule has 1 saturated carbocycles. The molecule has 1 aliphatic carbocycles. The Kier molecular flexibility index (Phi) is 5.48. The van der Waals surface area contributed by atoms with Gasteiger partial charge in [-0.15, -0.1) is 0 Å². The normalized spacial score (nSPS) is 25.3.